The van der Waals surface area contributed by atoms with Gasteiger partial charge in [0.15, 0.2) is 0 Å². The molecule has 3 aromatic rings. The Morgan fingerprint density at radius 2 is 1.65 bits per heavy atom. The van der Waals surface area contributed by atoms with Gasteiger partial charge in [0.25, 0.3) is 0 Å². The van der Waals surface area contributed by atoms with Gasteiger partial charge >= 0.3 is 6.03 Å². The zero-order valence-corrected chi connectivity index (χ0v) is 12.8. The number of rotatable bonds is 1. The number of para-hydroxylation sites is 1. The highest BCUT2D eigenvalue weighted by Crippen LogP contribution is 2.28. The second-order valence-electron chi connectivity index (χ2n) is 5.94. The zero-order valence-electron chi connectivity index (χ0n) is 12.8. The van der Waals surface area contributed by atoms with Crippen molar-refractivity contribution in [1.82, 2.24) is 19.9 Å². The summed E-state index contributed by atoms with van der Waals surface area (Å²) in [5.74, 6) is 0.535. The molecule has 0 radical (unpaired) electrons. The highest BCUT2D eigenvalue weighted by molar-refractivity contribution is 5.87. The molecule has 1 saturated heterocycles. The van der Waals surface area contributed by atoms with Gasteiger partial charge in [-0.2, -0.15) is 4.68 Å². The molecule has 0 saturated carbocycles. The molecule has 23 heavy (non-hydrogen) atoms. The van der Waals surface area contributed by atoms with Gasteiger partial charge in [-0.3, -0.25) is 0 Å². The van der Waals surface area contributed by atoms with Gasteiger partial charge in [0.1, 0.15) is 5.52 Å². The molecule has 5 nitrogen and oxygen atoms in total. The smallest absolute Gasteiger partial charge is 0.323 e. The summed E-state index contributed by atoms with van der Waals surface area (Å²) in [5, 5.41) is 8.09. The molecule has 0 atom stereocenters. The minimum Gasteiger partial charge on any atom is -0.323 e. The molecule has 0 spiro atoms. The summed E-state index contributed by atoms with van der Waals surface area (Å²) in [6.45, 7) is 1.51. The fraction of sp³-hybridized carbons (Fsp3) is 0.278. The molecule has 5 heteroatoms. The van der Waals surface area contributed by atoms with Crippen LogP contribution in [0.15, 0.2) is 54.6 Å². The Bertz CT molecular complexity index is 819. The van der Waals surface area contributed by atoms with Crippen LogP contribution in [0.4, 0.5) is 4.79 Å². The van der Waals surface area contributed by atoms with Crippen molar-refractivity contribution in [2.75, 3.05) is 13.1 Å². The number of amides is 1. The number of fused-ring (bicyclic) bond motifs is 1. The van der Waals surface area contributed by atoms with E-state index in [9.17, 15) is 4.79 Å². The van der Waals surface area contributed by atoms with Gasteiger partial charge in [-0.1, -0.05) is 47.7 Å². The van der Waals surface area contributed by atoms with Crippen LogP contribution in [-0.2, 0) is 0 Å². The van der Waals surface area contributed by atoms with Crippen molar-refractivity contribution >= 4 is 17.1 Å². The van der Waals surface area contributed by atoms with Crippen LogP contribution in [0, 0.1) is 0 Å². The van der Waals surface area contributed by atoms with E-state index in [0.717, 1.165) is 37.0 Å². The molecule has 1 fully saturated rings. The fourth-order valence-corrected chi connectivity index (χ4v) is 3.27. The van der Waals surface area contributed by atoms with E-state index in [0.29, 0.717) is 5.92 Å². The van der Waals surface area contributed by atoms with Crippen molar-refractivity contribution in [2.45, 2.75) is 18.8 Å². The Balaban J connectivity index is 1.49. The molecule has 0 bridgehead atoms. The molecule has 0 unspecified atom stereocenters. The number of hydrogen-bond acceptors (Lipinski definition) is 3. The monoisotopic (exact) mass is 306 g/mol. The third-order valence-electron chi connectivity index (χ3n) is 4.57. The van der Waals surface area contributed by atoms with Gasteiger partial charge in [0.2, 0.25) is 0 Å². The lowest BCUT2D eigenvalue weighted by atomic mass is 9.90. The van der Waals surface area contributed by atoms with Crippen LogP contribution < -0.4 is 0 Å². The molecular weight excluding hydrogens is 288 g/mol. The Morgan fingerprint density at radius 1 is 0.957 bits per heavy atom. The number of aromatic nitrogens is 3. The first kappa shape index (κ1) is 13.9. The summed E-state index contributed by atoms with van der Waals surface area (Å²) < 4.78 is 1.41. The van der Waals surface area contributed by atoms with E-state index in [1.807, 2.05) is 35.2 Å². The van der Waals surface area contributed by atoms with Gasteiger partial charge in [0, 0.05) is 13.1 Å². The molecule has 1 aliphatic heterocycles. The number of piperidine rings is 1. The molecule has 4 rings (SSSR count). The average Bonchev–Trinajstić information content (AvgIpc) is 3.06. The third-order valence-corrected chi connectivity index (χ3v) is 4.57. The molecule has 1 aromatic heterocycles. The largest absolute Gasteiger partial charge is 0.346 e. The van der Waals surface area contributed by atoms with E-state index in [-0.39, 0.29) is 6.03 Å². The first-order chi connectivity index (χ1) is 11.3. The summed E-state index contributed by atoms with van der Waals surface area (Å²) >= 11 is 0. The van der Waals surface area contributed by atoms with Crippen molar-refractivity contribution in [3.8, 4) is 0 Å². The van der Waals surface area contributed by atoms with Crippen molar-refractivity contribution < 1.29 is 4.79 Å². The lowest BCUT2D eigenvalue weighted by Crippen LogP contribution is -2.40. The van der Waals surface area contributed by atoms with E-state index < -0.39 is 0 Å². The Hall–Kier alpha value is -2.69. The number of carbonyl (C=O) groups excluding carboxylic acids is 1. The van der Waals surface area contributed by atoms with E-state index >= 15 is 0 Å². The SMILES string of the molecule is O=C(N1CCC(c2ccccc2)CC1)n1nnc2ccccc21. The topological polar surface area (TPSA) is 51.0 Å². The summed E-state index contributed by atoms with van der Waals surface area (Å²) in [5.41, 5.74) is 2.88. The van der Waals surface area contributed by atoms with Gasteiger partial charge in [0.05, 0.1) is 5.52 Å². The highest BCUT2D eigenvalue weighted by atomic mass is 16.2. The maximum Gasteiger partial charge on any atom is 0.346 e. The van der Waals surface area contributed by atoms with Gasteiger partial charge < -0.3 is 4.90 Å². The number of benzene rings is 2. The third kappa shape index (κ3) is 2.59. The molecule has 0 N–H and O–H groups in total. The summed E-state index contributed by atoms with van der Waals surface area (Å²) in [4.78, 5) is 14.6. The standard InChI is InChI=1S/C18H18N4O/c23-18(22-17-9-5-4-8-16(17)19-20-22)21-12-10-15(11-13-21)14-6-2-1-3-7-14/h1-9,15H,10-13H2. The predicted molar refractivity (Wildman–Crippen MR) is 88.3 cm³/mol. The Labute approximate surface area is 134 Å². The summed E-state index contributed by atoms with van der Waals surface area (Å²) in [7, 11) is 0. The predicted octanol–water partition coefficient (Wildman–Crippen LogP) is 3.28. The van der Waals surface area contributed by atoms with Crippen LogP contribution in [0.1, 0.15) is 24.3 Å². The number of nitrogens with zero attached hydrogens (tertiary/aromatic N) is 4. The molecular formula is C18H18N4O. The number of hydrogen-bond donors (Lipinski definition) is 0. The van der Waals surface area contributed by atoms with Crippen LogP contribution in [0.2, 0.25) is 0 Å². The van der Waals surface area contributed by atoms with E-state index in [1.54, 1.807) is 0 Å². The first-order valence-corrected chi connectivity index (χ1v) is 7.97. The zero-order chi connectivity index (χ0) is 15.6. The minimum absolute atomic E-state index is 0.0785. The molecule has 2 heterocycles. The second kappa shape index (κ2) is 5.83. The molecule has 1 aliphatic rings. The van der Waals surface area contributed by atoms with Gasteiger partial charge in [-0.25, -0.2) is 4.79 Å². The van der Waals surface area contributed by atoms with Crippen LogP contribution in [-0.4, -0.2) is 39.0 Å². The van der Waals surface area contributed by atoms with E-state index in [2.05, 4.69) is 34.6 Å². The highest BCUT2D eigenvalue weighted by Gasteiger charge is 2.26. The second-order valence-corrected chi connectivity index (χ2v) is 5.94. The van der Waals surface area contributed by atoms with Crippen LogP contribution in [0.5, 0.6) is 0 Å². The fourth-order valence-electron chi connectivity index (χ4n) is 3.27. The number of likely N-dealkylation sites (tertiary alicyclic amines) is 1. The van der Waals surface area contributed by atoms with Crippen molar-refractivity contribution in [1.29, 1.82) is 0 Å². The Kier molecular flexibility index (Phi) is 3.54. The lowest BCUT2D eigenvalue weighted by Gasteiger charge is -2.31. The van der Waals surface area contributed by atoms with Gasteiger partial charge in [-0.05, 0) is 36.5 Å². The van der Waals surface area contributed by atoms with E-state index in [1.165, 1.54) is 10.2 Å². The summed E-state index contributed by atoms with van der Waals surface area (Å²) in [6.07, 6.45) is 1.98. The van der Waals surface area contributed by atoms with Crippen molar-refractivity contribution in [3.63, 3.8) is 0 Å². The lowest BCUT2D eigenvalue weighted by molar-refractivity contribution is 0.180. The molecule has 1 amide bonds. The first-order valence-electron chi connectivity index (χ1n) is 7.97. The van der Waals surface area contributed by atoms with Crippen LogP contribution in [0.25, 0.3) is 11.0 Å². The normalized spacial score (nSPS) is 15.9. The van der Waals surface area contributed by atoms with Gasteiger partial charge in [-0.15, -0.1) is 5.10 Å². The molecule has 0 aliphatic carbocycles. The molecule has 116 valence electrons. The maximum atomic E-state index is 12.7. The van der Waals surface area contributed by atoms with Crippen LogP contribution in [0.3, 0.4) is 0 Å². The van der Waals surface area contributed by atoms with E-state index in [4.69, 9.17) is 0 Å². The van der Waals surface area contributed by atoms with Crippen molar-refractivity contribution in [2.24, 2.45) is 0 Å². The Morgan fingerprint density at radius 3 is 2.43 bits per heavy atom. The average molecular weight is 306 g/mol. The molecule has 2 aromatic carbocycles. The minimum atomic E-state index is -0.0785. The quantitative estimate of drug-likeness (QED) is 0.693. The van der Waals surface area contributed by atoms with Crippen molar-refractivity contribution in [3.05, 3.63) is 60.2 Å². The maximum absolute atomic E-state index is 12.7. The van der Waals surface area contributed by atoms with Crippen LogP contribution >= 0.6 is 0 Å². The summed E-state index contributed by atoms with van der Waals surface area (Å²) in [6, 6.07) is 18.0. The number of carbonyl (C=O) groups is 1.